The summed E-state index contributed by atoms with van der Waals surface area (Å²) in [5.74, 6) is -0.706. The third-order valence-corrected chi connectivity index (χ3v) is 2.93. The Kier molecular flexibility index (Phi) is 5.19. The predicted octanol–water partition coefficient (Wildman–Crippen LogP) is 2.75. The molecule has 0 unspecified atom stereocenters. The van der Waals surface area contributed by atoms with Gasteiger partial charge in [-0.3, -0.25) is 5.41 Å². The highest BCUT2D eigenvalue weighted by molar-refractivity contribution is 6.42. The van der Waals surface area contributed by atoms with Crippen molar-refractivity contribution < 1.29 is 9.53 Å². The van der Waals surface area contributed by atoms with Crippen LogP contribution in [0.3, 0.4) is 0 Å². The fraction of sp³-hybridized carbons (Fsp3) is 0.167. The average Bonchev–Trinajstić information content (AvgIpc) is 2.38. The lowest BCUT2D eigenvalue weighted by Gasteiger charge is -2.08. The molecular weight excluding hydrogens is 275 g/mol. The van der Waals surface area contributed by atoms with Gasteiger partial charge in [-0.15, -0.1) is 0 Å². The van der Waals surface area contributed by atoms with Crippen molar-refractivity contribution in [3.8, 4) is 0 Å². The monoisotopic (exact) mass is 286 g/mol. The van der Waals surface area contributed by atoms with Crippen LogP contribution in [0.25, 0.3) is 5.70 Å². The largest absolute Gasteiger partial charge is 0.464 e. The zero-order chi connectivity index (χ0) is 13.7. The van der Waals surface area contributed by atoms with Crippen LogP contribution >= 0.6 is 23.2 Å². The van der Waals surface area contributed by atoms with Gasteiger partial charge in [-0.1, -0.05) is 29.3 Å². The minimum atomic E-state index is -0.706. The van der Waals surface area contributed by atoms with E-state index < -0.39 is 5.97 Å². The first-order valence-electron chi connectivity index (χ1n) is 5.01. The first-order valence-corrected chi connectivity index (χ1v) is 5.77. The Morgan fingerprint density at radius 3 is 2.56 bits per heavy atom. The summed E-state index contributed by atoms with van der Waals surface area (Å²) in [6.07, 6.45) is 1.37. The second-order valence-corrected chi connectivity index (χ2v) is 4.16. The molecule has 1 aromatic rings. The molecule has 0 bridgehead atoms. The van der Waals surface area contributed by atoms with Crippen LogP contribution < -0.4 is 5.32 Å². The minimum absolute atomic E-state index is 0.257. The molecule has 0 amide bonds. The fourth-order valence-corrected chi connectivity index (χ4v) is 1.57. The van der Waals surface area contributed by atoms with Crippen LogP contribution in [-0.2, 0) is 9.53 Å². The number of rotatable bonds is 4. The third-order valence-electron chi connectivity index (χ3n) is 2.19. The maximum Gasteiger partial charge on any atom is 0.356 e. The molecule has 0 fully saturated rings. The number of ether oxygens (including phenoxy) is 1. The Labute approximate surface area is 115 Å². The number of hydrogen-bond acceptors (Lipinski definition) is 4. The number of halogens is 2. The summed E-state index contributed by atoms with van der Waals surface area (Å²) in [5, 5.41) is 11.3. The van der Waals surface area contributed by atoms with E-state index in [4.69, 9.17) is 28.6 Å². The van der Waals surface area contributed by atoms with Gasteiger partial charge in [-0.05, 0) is 23.8 Å². The zero-order valence-electron chi connectivity index (χ0n) is 9.88. The molecule has 2 N–H and O–H groups in total. The van der Waals surface area contributed by atoms with E-state index in [0.29, 0.717) is 15.7 Å². The van der Waals surface area contributed by atoms with Gasteiger partial charge >= 0.3 is 5.97 Å². The summed E-state index contributed by atoms with van der Waals surface area (Å²) >= 11 is 11.7. The lowest BCUT2D eigenvalue weighted by atomic mass is 10.1. The van der Waals surface area contributed by atoms with E-state index in [0.717, 1.165) is 5.56 Å². The maximum absolute atomic E-state index is 11.1. The molecule has 0 saturated carbocycles. The molecule has 1 aromatic carbocycles. The van der Waals surface area contributed by atoms with Crippen molar-refractivity contribution in [3.63, 3.8) is 0 Å². The first-order chi connectivity index (χ1) is 8.49. The van der Waals surface area contributed by atoms with Gasteiger partial charge in [0.15, 0.2) is 0 Å². The molecule has 6 heteroatoms. The van der Waals surface area contributed by atoms with Crippen molar-refractivity contribution in [2.24, 2.45) is 0 Å². The minimum Gasteiger partial charge on any atom is -0.464 e. The number of hydrogen-bond donors (Lipinski definition) is 2. The van der Waals surface area contributed by atoms with E-state index in [2.05, 4.69) is 10.1 Å². The molecule has 0 aliphatic rings. The fourth-order valence-electron chi connectivity index (χ4n) is 1.28. The summed E-state index contributed by atoms with van der Waals surface area (Å²) in [5.41, 5.74) is 1.04. The molecule has 96 valence electrons. The zero-order valence-corrected chi connectivity index (χ0v) is 11.4. The van der Waals surface area contributed by atoms with Gasteiger partial charge in [0.1, 0.15) is 5.71 Å². The first kappa shape index (κ1) is 14.5. The quantitative estimate of drug-likeness (QED) is 0.661. The summed E-state index contributed by atoms with van der Waals surface area (Å²) < 4.78 is 4.45. The summed E-state index contributed by atoms with van der Waals surface area (Å²) in [7, 11) is 2.90. The van der Waals surface area contributed by atoms with Crippen molar-refractivity contribution in [2.45, 2.75) is 0 Å². The number of carbonyl (C=O) groups excluding carboxylic acids is 1. The van der Waals surface area contributed by atoms with E-state index in [1.54, 1.807) is 25.2 Å². The standard InChI is InChI=1S/C12H12Cl2N2O2/c1-16-11(6-10(15)12(17)18-2)7-3-4-8(13)9(14)5-7/h3-6,15-16H,1-2H3/b11-6-,15-10?. The van der Waals surface area contributed by atoms with Crippen molar-refractivity contribution in [2.75, 3.05) is 14.2 Å². The average molecular weight is 287 g/mol. The van der Waals surface area contributed by atoms with Crippen molar-refractivity contribution in [1.82, 2.24) is 5.32 Å². The molecule has 0 aliphatic carbocycles. The van der Waals surface area contributed by atoms with Gasteiger partial charge in [0, 0.05) is 12.7 Å². The molecule has 0 heterocycles. The van der Waals surface area contributed by atoms with Crippen molar-refractivity contribution in [3.05, 3.63) is 39.9 Å². The second kappa shape index (κ2) is 6.42. The third kappa shape index (κ3) is 3.48. The lowest BCUT2D eigenvalue weighted by Crippen LogP contribution is -2.15. The van der Waals surface area contributed by atoms with Crippen LogP contribution in [-0.4, -0.2) is 25.8 Å². The molecule has 0 spiro atoms. The van der Waals surface area contributed by atoms with Crippen LogP contribution in [0.15, 0.2) is 24.3 Å². The summed E-state index contributed by atoms with van der Waals surface area (Å²) in [6, 6.07) is 5.03. The van der Waals surface area contributed by atoms with Crippen LogP contribution in [0.5, 0.6) is 0 Å². The van der Waals surface area contributed by atoms with Gasteiger partial charge in [0.25, 0.3) is 0 Å². The Bertz CT molecular complexity index is 513. The Balaban J connectivity index is 3.09. The Hall–Kier alpha value is -1.52. The molecule has 4 nitrogen and oxygen atoms in total. The van der Waals surface area contributed by atoms with E-state index in [-0.39, 0.29) is 5.71 Å². The molecule has 0 aliphatic heterocycles. The van der Waals surface area contributed by atoms with Crippen LogP contribution in [0.4, 0.5) is 0 Å². The van der Waals surface area contributed by atoms with Gasteiger partial charge in [-0.25, -0.2) is 4.79 Å². The maximum atomic E-state index is 11.1. The molecular formula is C12H12Cl2N2O2. The normalized spacial score (nSPS) is 11.0. The highest BCUT2D eigenvalue weighted by atomic mass is 35.5. The van der Waals surface area contributed by atoms with E-state index in [1.165, 1.54) is 13.2 Å². The highest BCUT2D eigenvalue weighted by Crippen LogP contribution is 2.25. The number of methoxy groups -OCH3 is 1. The smallest absolute Gasteiger partial charge is 0.356 e. The number of esters is 1. The summed E-state index contributed by atoms with van der Waals surface area (Å²) in [4.78, 5) is 11.1. The second-order valence-electron chi connectivity index (χ2n) is 3.34. The molecule has 0 radical (unpaired) electrons. The van der Waals surface area contributed by atoms with E-state index in [9.17, 15) is 4.79 Å². The lowest BCUT2D eigenvalue weighted by molar-refractivity contribution is -0.132. The Morgan fingerprint density at radius 1 is 1.39 bits per heavy atom. The van der Waals surface area contributed by atoms with Crippen LogP contribution in [0.1, 0.15) is 5.56 Å². The SMILES string of the molecule is CN/C(=C\C(=N)C(=O)OC)c1ccc(Cl)c(Cl)c1. The molecule has 0 aromatic heterocycles. The van der Waals surface area contributed by atoms with Crippen molar-refractivity contribution in [1.29, 1.82) is 5.41 Å². The molecule has 0 atom stereocenters. The van der Waals surface area contributed by atoms with Crippen molar-refractivity contribution >= 4 is 40.6 Å². The topological polar surface area (TPSA) is 62.2 Å². The van der Waals surface area contributed by atoms with E-state index >= 15 is 0 Å². The molecule has 0 saturated heterocycles. The van der Waals surface area contributed by atoms with Gasteiger partial charge in [-0.2, -0.15) is 0 Å². The predicted molar refractivity (Wildman–Crippen MR) is 73.2 cm³/mol. The van der Waals surface area contributed by atoms with Gasteiger partial charge < -0.3 is 10.1 Å². The number of carbonyl (C=O) groups is 1. The number of nitrogens with one attached hydrogen (secondary N) is 2. The van der Waals surface area contributed by atoms with Gasteiger partial charge in [0.05, 0.1) is 17.2 Å². The van der Waals surface area contributed by atoms with Crippen LogP contribution in [0, 0.1) is 5.41 Å². The Morgan fingerprint density at radius 2 is 2.06 bits per heavy atom. The summed E-state index contributed by atoms with van der Waals surface area (Å²) in [6.45, 7) is 0. The number of benzene rings is 1. The molecule has 18 heavy (non-hydrogen) atoms. The molecule has 1 rings (SSSR count). The van der Waals surface area contributed by atoms with Gasteiger partial charge in [0.2, 0.25) is 0 Å². The highest BCUT2D eigenvalue weighted by Gasteiger charge is 2.09. The van der Waals surface area contributed by atoms with E-state index in [1.807, 2.05) is 0 Å². The van der Waals surface area contributed by atoms with Crippen LogP contribution in [0.2, 0.25) is 10.0 Å².